The van der Waals surface area contributed by atoms with Crippen molar-refractivity contribution < 1.29 is 8.83 Å². The summed E-state index contributed by atoms with van der Waals surface area (Å²) < 4.78 is 12.4. The molecule has 0 bridgehead atoms. The molecule has 10 rings (SSSR count). The van der Waals surface area contributed by atoms with E-state index in [0.29, 0.717) is 23.2 Å². The van der Waals surface area contributed by atoms with Gasteiger partial charge in [0.15, 0.2) is 17.5 Å². The largest absolute Gasteiger partial charge is 0.456 e. The molecule has 0 saturated heterocycles. The third-order valence-corrected chi connectivity index (χ3v) is 9.02. The van der Waals surface area contributed by atoms with Crippen LogP contribution in [0.15, 0.2) is 155 Å². The molecule has 0 radical (unpaired) electrons. The second-order valence-corrected chi connectivity index (χ2v) is 11.9. The lowest BCUT2D eigenvalue weighted by Crippen LogP contribution is -2.00. The first-order valence-electron chi connectivity index (χ1n) is 15.8. The highest BCUT2D eigenvalue weighted by Crippen LogP contribution is 2.39. The molecule has 0 amide bonds. The molecule has 0 aliphatic carbocycles. The van der Waals surface area contributed by atoms with Gasteiger partial charge >= 0.3 is 0 Å². The van der Waals surface area contributed by atoms with E-state index >= 15 is 0 Å². The third-order valence-electron chi connectivity index (χ3n) is 9.02. The summed E-state index contributed by atoms with van der Waals surface area (Å²) in [6.07, 6.45) is 1.74. The molecule has 0 atom stereocenters. The molecule has 10 aromatic rings. The number of aromatic nitrogens is 4. The van der Waals surface area contributed by atoms with Gasteiger partial charge in [0.1, 0.15) is 16.7 Å². The van der Waals surface area contributed by atoms with Gasteiger partial charge < -0.3 is 8.83 Å². The van der Waals surface area contributed by atoms with Gasteiger partial charge in [-0.1, -0.05) is 103 Å². The molecule has 6 nitrogen and oxygen atoms in total. The zero-order valence-corrected chi connectivity index (χ0v) is 25.5. The van der Waals surface area contributed by atoms with E-state index in [1.54, 1.807) is 6.20 Å². The SMILES string of the molecule is c1ccc2cc(-c3ccc(-c4nc(-c5cccc6oc7ccccc7c56)nc(-c5cccc6oc7ncccc7c56)n4)cc3)ccc2c1. The molecule has 0 aliphatic rings. The fourth-order valence-corrected chi connectivity index (χ4v) is 6.73. The van der Waals surface area contributed by atoms with Gasteiger partial charge in [-0.05, 0) is 58.3 Å². The average molecular weight is 617 g/mol. The van der Waals surface area contributed by atoms with Crippen LogP contribution in [-0.4, -0.2) is 19.9 Å². The maximum Gasteiger partial charge on any atom is 0.227 e. The van der Waals surface area contributed by atoms with Crippen molar-refractivity contribution in [2.24, 2.45) is 0 Å². The summed E-state index contributed by atoms with van der Waals surface area (Å²) in [7, 11) is 0. The van der Waals surface area contributed by atoms with Gasteiger partial charge in [-0.25, -0.2) is 19.9 Å². The second kappa shape index (κ2) is 10.4. The minimum absolute atomic E-state index is 0.551. The van der Waals surface area contributed by atoms with Crippen LogP contribution < -0.4 is 0 Å². The van der Waals surface area contributed by atoms with Gasteiger partial charge in [0, 0.05) is 44.4 Å². The van der Waals surface area contributed by atoms with Crippen LogP contribution in [-0.2, 0) is 0 Å². The van der Waals surface area contributed by atoms with E-state index in [4.69, 9.17) is 23.8 Å². The minimum Gasteiger partial charge on any atom is -0.456 e. The zero-order valence-electron chi connectivity index (χ0n) is 25.5. The number of pyridine rings is 1. The highest BCUT2D eigenvalue weighted by molar-refractivity contribution is 6.13. The molecule has 4 aromatic heterocycles. The van der Waals surface area contributed by atoms with Crippen LogP contribution in [0.25, 0.3) is 100 Å². The average Bonchev–Trinajstić information content (AvgIpc) is 3.73. The summed E-state index contributed by atoms with van der Waals surface area (Å²) in [5, 5.41) is 6.25. The van der Waals surface area contributed by atoms with Crippen LogP contribution in [0, 0.1) is 0 Å². The topological polar surface area (TPSA) is 77.8 Å². The first-order chi connectivity index (χ1) is 23.8. The Kier molecular flexibility index (Phi) is 5.77. The van der Waals surface area contributed by atoms with Gasteiger partial charge in [-0.15, -0.1) is 0 Å². The number of nitrogens with zero attached hydrogens (tertiary/aromatic N) is 4. The van der Waals surface area contributed by atoms with Crippen LogP contribution in [0.5, 0.6) is 0 Å². The molecule has 0 N–H and O–H groups in total. The van der Waals surface area contributed by atoms with Crippen molar-refractivity contribution in [3.05, 3.63) is 146 Å². The van der Waals surface area contributed by atoms with Crippen molar-refractivity contribution >= 4 is 54.8 Å². The summed E-state index contributed by atoms with van der Waals surface area (Å²) in [5.74, 6) is 1.69. The Bertz CT molecular complexity index is 2720. The standard InChI is InChI=1S/C42H24N4O2/c1-2-9-28-24-29(22-19-25(28)8-1)26-17-20-27(21-18-26)39-44-40(31-11-5-15-35-37(31)30-10-3-4-14-34(30)47-35)46-41(45-39)32-12-6-16-36-38(32)33-13-7-23-43-42(33)48-36/h1-24H. The second-order valence-electron chi connectivity index (χ2n) is 11.9. The molecule has 6 heteroatoms. The number of furan rings is 2. The maximum atomic E-state index is 6.23. The van der Waals surface area contributed by atoms with Crippen LogP contribution in [0.2, 0.25) is 0 Å². The predicted molar refractivity (Wildman–Crippen MR) is 191 cm³/mol. The Hall–Kier alpha value is -6.66. The van der Waals surface area contributed by atoms with Crippen molar-refractivity contribution in [2.75, 3.05) is 0 Å². The molecule has 6 aromatic carbocycles. The summed E-state index contributed by atoms with van der Waals surface area (Å²) >= 11 is 0. The van der Waals surface area contributed by atoms with Crippen molar-refractivity contribution in [1.82, 2.24) is 19.9 Å². The quantitative estimate of drug-likeness (QED) is 0.196. The van der Waals surface area contributed by atoms with E-state index in [9.17, 15) is 0 Å². The molecular weight excluding hydrogens is 592 g/mol. The van der Waals surface area contributed by atoms with E-state index in [1.807, 2.05) is 66.7 Å². The van der Waals surface area contributed by atoms with Gasteiger partial charge in [-0.3, -0.25) is 0 Å². The zero-order chi connectivity index (χ0) is 31.6. The molecule has 0 saturated carbocycles. The Labute approximate surface area is 274 Å². The molecule has 0 spiro atoms. The van der Waals surface area contributed by atoms with E-state index in [0.717, 1.165) is 66.1 Å². The number of hydrogen-bond acceptors (Lipinski definition) is 6. The fraction of sp³-hybridized carbons (Fsp3) is 0. The summed E-state index contributed by atoms with van der Waals surface area (Å²) in [6.45, 7) is 0. The monoisotopic (exact) mass is 616 g/mol. The first-order valence-corrected chi connectivity index (χ1v) is 15.8. The normalized spacial score (nSPS) is 11.8. The van der Waals surface area contributed by atoms with Crippen molar-refractivity contribution in [3.8, 4) is 45.3 Å². The number of hydrogen-bond donors (Lipinski definition) is 0. The number of benzene rings is 6. The summed E-state index contributed by atoms with van der Waals surface area (Å²) in [5.41, 5.74) is 7.80. The fourth-order valence-electron chi connectivity index (χ4n) is 6.73. The third kappa shape index (κ3) is 4.20. The lowest BCUT2D eigenvalue weighted by atomic mass is 10.00. The molecule has 48 heavy (non-hydrogen) atoms. The highest BCUT2D eigenvalue weighted by Gasteiger charge is 2.20. The van der Waals surface area contributed by atoms with Crippen LogP contribution in [0.4, 0.5) is 0 Å². The molecule has 224 valence electrons. The molecule has 4 heterocycles. The Morgan fingerprint density at radius 1 is 0.396 bits per heavy atom. The predicted octanol–water partition coefficient (Wildman–Crippen LogP) is 10.9. The molecule has 0 fully saturated rings. The smallest absolute Gasteiger partial charge is 0.227 e. The minimum atomic E-state index is 0.551. The Morgan fingerprint density at radius 2 is 1.00 bits per heavy atom. The van der Waals surface area contributed by atoms with Crippen molar-refractivity contribution in [1.29, 1.82) is 0 Å². The maximum absolute atomic E-state index is 6.23. The van der Waals surface area contributed by atoms with Gasteiger partial charge in [0.05, 0.1) is 0 Å². The Morgan fingerprint density at radius 3 is 1.81 bits per heavy atom. The van der Waals surface area contributed by atoms with E-state index in [1.165, 1.54) is 10.8 Å². The highest BCUT2D eigenvalue weighted by atomic mass is 16.3. The lowest BCUT2D eigenvalue weighted by Gasteiger charge is -2.11. The van der Waals surface area contributed by atoms with E-state index < -0.39 is 0 Å². The lowest BCUT2D eigenvalue weighted by molar-refractivity contribution is 0.654. The van der Waals surface area contributed by atoms with Crippen molar-refractivity contribution in [3.63, 3.8) is 0 Å². The van der Waals surface area contributed by atoms with Gasteiger partial charge in [0.2, 0.25) is 5.71 Å². The van der Waals surface area contributed by atoms with E-state index in [2.05, 4.69) is 77.8 Å². The molecule has 0 aliphatic heterocycles. The van der Waals surface area contributed by atoms with Crippen LogP contribution >= 0.6 is 0 Å². The number of para-hydroxylation sites is 1. The Balaban J connectivity index is 1.19. The summed E-state index contributed by atoms with van der Waals surface area (Å²) in [4.78, 5) is 19.8. The van der Waals surface area contributed by atoms with Gasteiger partial charge in [0.25, 0.3) is 0 Å². The van der Waals surface area contributed by atoms with Crippen molar-refractivity contribution in [2.45, 2.75) is 0 Å². The number of rotatable bonds is 4. The number of fused-ring (bicyclic) bond motifs is 7. The molecular formula is C42H24N4O2. The van der Waals surface area contributed by atoms with Gasteiger partial charge in [-0.2, -0.15) is 0 Å². The molecule has 0 unspecified atom stereocenters. The van der Waals surface area contributed by atoms with E-state index in [-0.39, 0.29) is 0 Å². The van der Waals surface area contributed by atoms with Crippen LogP contribution in [0.1, 0.15) is 0 Å². The summed E-state index contributed by atoms with van der Waals surface area (Å²) in [6, 6.07) is 47.4. The first kappa shape index (κ1) is 26.5. The van der Waals surface area contributed by atoms with Crippen LogP contribution in [0.3, 0.4) is 0 Å².